The van der Waals surface area contributed by atoms with Crippen LogP contribution in [-0.4, -0.2) is 32.1 Å². The Bertz CT molecular complexity index is 638. The van der Waals surface area contributed by atoms with Gasteiger partial charge in [-0.3, -0.25) is 9.59 Å². The molecule has 0 saturated carbocycles. The van der Waals surface area contributed by atoms with Crippen LogP contribution in [0.3, 0.4) is 0 Å². The van der Waals surface area contributed by atoms with Gasteiger partial charge in [-0.25, -0.2) is 0 Å². The lowest BCUT2D eigenvalue weighted by Crippen LogP contribution is -2.26. The molecule has 0 aliphatic carbocycles. The molecule has 122 valence electrons. The minimum atomic E-state index is -0.254. The lowest BCUT2D eigenvalue weighted by atomic mass is 10.1. The molecule has 0 unspecified atom stereocenters. The van der Waals surface area contributed by atoms with Crippen LogP contribution in [0.25, 0.3) is 0 Å². The molecule has 1 aromatic carbocycles. The molecule has 2 rings (SSSR count). The SMILES string of the molecule is COCCCNC(=O)c1cccc(C(=O)NCc2ccco2)c1. The summed E-state index contributed by atoms with van der Waals surface area (Å²) >= 11 is 0. The van der Waals surface area contributed by atoms with Gasteiger partial charge in [0.25, 0.3) is 11.8 Å². The zero-order valence-corrected chi connectivity index (χ0v) is 13.0. The molecule has 1 aromatic heterocycles. The van der Waals surface area contributed by atoms with Gasteiger partial charge in [0.05, 0.1) is 12.8 Å². The molecule has 6 heteroatoms. The van der Waals surface area contributed by atoms with E-state index in [0.717, 1.165) is 6.42 Å². The average Bonchev–Trinajstić information content (AvgIpc) is 3.10. The molecule has 6 nitrogen and oxygen atoms in total. The highest BCUT2D eigenvalue weighted by molar-refractivity contribution is 5.99. The Morgan fingerprint density at radius 3 is 2.48 bits per heavy atom. The molecule has 0 spiro atoms. The van der Waals surface area contributed by atoms with E-state index in [1.807, 2.05) is 0 Å². The number of hydrogen-bond donors (Lipinski definition) is 2. The van der Waals surface area contributed by atoms with Crippen molar-refractivity contribution in [1.29, 1.82) is 0 Å². The van der Waals surface area contributed by atoms with Crippen LogP contribution in [0.2, 0.25) is 0 Å². The summed E-state index contributed by atoms with van der Waals surface area (Å²) in [4.78, 5) is 24.1. The third kappa shape index (κ3) is 5.27. The fourth-order valence-corrected chi connectivity index (χ4v) is 2.00. The van der Waals surface area contributed by atoms with Gasteiger partial charge in [0, 0.05) is 31.4 Å². The molecule has 1 heterocycles. The van der Waals surface area contributed by atoms with Crippen molar-refractivity contribution in [2.45, 2.75) is 13.0 Å². The number of nitrogens with one attached hydrogen (secondary N) is 2. The summed E-state index contributed by atoms with van der Waals surface area (Å²) in [7, 11) is 1.62. The summed E-state index contributed by atoms with van der Waals surface area (Å²) < 4.78 is 10.1. The van der Waals surface area contributed by atoms with Crippen LogP contribution in [0.4, 0.5) is 0 Å². The molecule has 0 atom stereocenters. The standard InChI is InChI=1S/C17H20N2O4/c1-22-9-4-8-18-16(20)13-5-2-6-14(11-13)17(21)19-12-15-7-3-10-23-15/h2-3,5-7,10-11H,4,8-9,12H2,1H3,(H,18,20)(H,19,21). The van der Waals surface area contributed by atoms with Gasteiger partial charge in [-0.2, -0.15) is 0 Å². The first kappa shape index (κ1) is 16.8. The molecule has 0 radical (unpaired) electrons. The minimum absolute atomic E-state index is 0.207. The lowest BCUT2D eigenvalue weighted by molar-refractivity contribution is 0.0947. The van der Waals surface area contributed by atoms with Crippen LogP contribution in [0.1, 0.15) is 32.9 Å². The predicted molar refractivity (Wildman–Crippen MR) is 85.1 cm³/mol. The smallest absolute Gasteiger partial charge is 0.251 e. The Morgan fingerprint density at radius 1 is 1.09 bits per heavy atom. The van der Waals surface area contributed by atoms with Crippen molar-refractivity contribution in [3.05, 3.63) is 59.5 Å². The second-order valence-corrected chi connectivity index (χ2v) is 4.95. The van der Waals surface area contributed by atoms with Crippen molar-refractivity contribution >= 4 is 11.8 Å². The second kappa shape index (κ2) is 8.75. The Labute approximate surface area is 134 Å². The van der Waals surface area contributed by atoms with Crippen molar-refractivity contribution in [3.63, 3.8) is 0 Å². The molecule has 0 bridgehead atoms. The van der Waals surface area contributed by atoms with E-state index >= 15 is 0 Å². The van der Waals surface area contributed by atoms with Gasteiger partial charge in [-0.1, -0.05) is 6.07 Å². The monoisotopic (exact) mass is 316 g/mol. The Hall–Kier alpha value is -2.60. The summed E-state index contributed by atoms with van der Waals surface area (Å²) in [5.41, 5.74) is 0.883. The van der Waals surface area contributed by atoms with Gasteiger partial charge < -0.3 is 19.8 Å². The molecule has 2 aromatic rings. The molecule has 2 N–H and O–H groups in total. The topological polar surface area (TPSA) is 80.6 Å². The summed E-state index contributed by atoms with van der Waals surface area (Å²) in [5, 5.41) is 5.54. The van der Waals surface area contributed by atoms with Crippen LogP contribution < -0.4 is 10.6 Å². The van der Waals surface area contributed by atoms with Gasteiger partial charge in [-0.15, -0.1) is 0 Å². The van der Waals surface area contributed by atoms with Crippen LogP contribution in [0, 0.1) is 0 Å². The third-order valence-electron chi connectivity index (χ3n) is 3.20. The number of benzene rings is 1. The average molecular weight is 316 g/mol. The van der Waals surface area contributed by atoms with Crippen molar-refractivity contribution in [1.82, 2.24) is 10.6 Å². The first-order valence-electron chi connectivity index (χ1n) is 7.38. The highest BCUT2D eigenvalue weighted by Crippen LogP contribution is 2.06. The van der Waals surface area contributed by atoms with Crippen molar-refractivity contribution in [3.8, 4) is 0 Å². The Morgan fingerprint density at radius 2 is 1.83 bits per heavy atom. The first-order chi connectivity index (χ1) is 11.2. The Balaban J connectivity index is 1.90. The maximum absolute atomic E-state index is 12.1. The minimum Gasteiger partial charge on any atom is -0.467 e. The second-order valence-electron chi connectivity index (χ2n) is 4.95. The molecule has 0 aliphatic heterocycles. The maximum atomic E-state index is 12.1. The van der Waals surface area contributed by atoms with Crippen LogP contribution in [0.5, 0.6) is 0 Å². The number of methoxy groups -OCH3 is 1. The van der Waals surface area contributed by atoms with E-state index < -0.39 is 0 Å². The quantitative estimate of drug-likeness (QED) is 0.730. The van der Waals surface area contributed by atoms with Crippen molar-refractivity contribution < 1.29 is 18.7 Å². The number of carbonyl (C=O) groups excluding carboxylic acids is 2. The zero-order valence-electron chi connectivity index (χ0n) is 13.0. The van der Waals surface area contributed by atoms with E-state index in [-0.39, 0.29) is 11.8 Å². The highest BCUT2D eigenvalue weighted by atomic mass is 16.5. The molecule has 0 aliphatic rings. The molecule has 23 heavy (non-hydrogen) atoms. The molecule has 0 saturated heterocycles. The number of ether oxygens (including phenoxy) is 1. The summed E-state index contributed by atoms with van der Waals surface area (Å²) in [5.74, 6) is 0.211. The third-order valence-corrected chi connectivity index (χ3v) is 3.20. The van der Waals surface area contributed by atoms with Crippen LogP contribution in [0.15, 0.2) is 47.1 Å². The van der Waals surface area contributed by atoms with E-state index in [9.17, 15) is 9.59 Å². The number of carbonyl (C=O) groups is 2. The Kier molecular flexibility index (Phi) is 6.38. The van der Waals surface area contributed by atoms with E-state index in [0.29, 0.717) is 36.6 Å². The van der Waals surface area contributed by atoms with E-state index in [1.54, 1.807) is 49.8 Å². The highest BCUT2D eigenvalue weighted by Gasteiger charge is 2.10. The molecular formula is C17H20N2O4. The van der Waals surface area contributed by atoms with E-state index in [1.165, 1.54) is 0 Å². The van der Waals surface area contributed by atoms with Crippen molar-refractivity contribution in [2.24, 2.45) is 0 Å². The molecule has 0 fully saturated rings. The number of hydrogen-bond acceptors (Lipinski definition) is 4. The zero-order chi connectivity index (χ0) is 16.5. The maximum Gasteiger partial charge on any atom is 0.251 e. The summed E-state index contributed by atoms with van der Waals surface area (Å²) in [6.07, 6.45) is 2.29. The van der Waals surface area contributed by atoms with Gasteiger partial charge in [-0.05, 0) is 36.8 Å². The fraction of sp³-hybridized carbons (Fsp3) is 0.294. The van der Waals surface area contributed by atoms with Gasteiger partial charge in [0.2, 0.25) is 0 Å². The fourth-order valence-electron chi connectivity index (χ4n) is 2.00. The number of amides is 2. The van der Waals surface area contributed by atoms with E-state index in [4.69, 9.17) is 9.15 Å². The van der Waals surface area contributed by atoms with Gasteiger partial charge in [0.1, 0.15) is 5.76 Å². The molecular weight excluding hydrogens is 296 g/mol. The lowest BCUT2D eigenvalue weighted by Gasteiger charge is -2.07. The molecule has 2 amide bonds. The first-order valence-corrected chi connectivity index (χ1v) is 7.38. The number of furan rings is 1. The van der Waals surface area contributed by atoms with Crippen molar-refractivity contribution in [2.75, 3.05) is 20.3 Å². The normalized spacial score (nSPS) is 10.3. The van der Waals surface area contributed by atoms with E-state index in [2.05, 4.69) is 10.6 Å². The largest absolute Gasteiger partial charge is 0.467 e. The van der Waals surface area contributed by atoms with Gasteiger partial charge >= 0.3 is 0 Å². The van der Waals surface area contributed by atoms with Crippen LogP contribution >= 0.6 is 0 Å². The van der Waals surface area contributed by atoms with Crippen LogP contribution in [-0.2, 0) is 11.3 Å². The summed E-state index contributed by atoms with van der Waals surface area (Å²) in [6, 6.07) is 10.1. The number of rotatable bonds is 8. The summed E-state index contributed by atoms with van der Waals surface area (Å²) in [6.45, 7) is 1.43. The predicted octanol–water partition coefficient (Wildman–Crippen LogP) is 1.98. The van der Waals surface area contributed by atoms with Gasteiger partial charge in [0.15, 0.2) is 0 Å².